The third-order valence-corrected chi connectivity index (χ3v) is 1.74. The summed E-state index contributed by atoms with van der Waals surface area (Å²) in [7, 11) is 0. The maximum absolute atomic E-state index is 8.79. The van der Waals surface area contributed by atoms with Crippen LogP contribution in [0.3, 0.4) is 0 Å². The van der Waals surface area contributed by atoms with Gasteiger partial charge < -0.3 is 15.5 Å². The molecule has 3 N–H and O–H groups in total. The summed E-state index contributed by atoms with van der Waals surface area (Å²) in [6, 6.07) is 2.97. The molecule has 0 unspecified atom stereocenters. The maximum atomic E-state index is 8.79. The fourth-order valence-corrected chi connectivity index (χ4v) is 1.05. The van der Waals surface area contributed by atoms with Gasteiger partial charge >= 0.3 is 0 Å². The first-order chi connectivity index (χ1) is 6.26. The SMILES string of the molecule is OCC(CO)Nc1ccnc(Cl)c1. The quantitative estimate of drug-likeness (QED) is 0.623. The van der Waals surface area contributed by atoms with Gasteiger partial charge in [-0.05, 0) is 12.1 Å². The van der Waals surface area contributed by atoms with Crippen molar-refractivity contribution in [3.05, 3.63) is 23.5 Å². The standard InChI is InChI=1S/C8H11ClN2O2/c9-8-3-6(1-2-10-8)11-7(4-12)5-13/h1-3,7,12-13H,4-5H2,(H,10,11). The first-order valence-electron chi connectivity index (χ1n) is 3.86. The lowest BCUT2D eigenvalue weighted by Crippen LogP contribution is -2.27. The molecule has 0 atom stereocenters. The third kappa shape index (κ3) is 3.18. The van der Waals surface area contributed by atoms with Crippen LogP contribution in [0.4, 0.5) is 5.69 Å². The number of halogens is 1. The van der Waals surface area contributed by atoms with Crippen LogP contribution in [0, 0.1) is 0 Å². The summed E-state index contributed by atoms with van der Waals surface area (Å²) >= 11 is 5.64. The van der Waals surface area contributed by atoms with Crippen LogP contribution in [0.2, 0.25) is 5.15 Å². The van der Waals surface area contributed by atoms with Gasteiger partial charge in [-0.1, -0.05) is 11.6 Å². The van der Waals surface area contributed by atoms with Gasteiger partial charge in [0.25, 0.3) is 0 Å². The van der Waals surface area contributed by atoms with Crippen molar-refractivity contribution in [3.63, 3.8) is 0 Å². The molecule has 0 amide bonds. The van der Waals surface area contributed by atoms with Gasteiger partial charge in [-0.25, -0.2) is 4.98 Å². The first kappa shape index (κ1) is 10.2. The van der Waals surface area contributed by atoms with Crippen molar-refractivity contribution in [2.75, 3.05) is 18.5 Å². The van der Waals surface area contributed by atoms with Crippen LogP contribution in [0.15, 0.2) is 18.3 Å². The third-order valence-electron chi connectivity index (χ3n) is 1.54. The second-order valence-corrected chi connectivity index (χ2v) is 2.96. The highest BCUT2D eigenvalue weighted by atomic mass is 35.5. The fraction of sp³-hybridized carbons (Fsp3) is 0.375. The smallest absolute Gasteiger partial charge is 0.131 e. The van der Waals surface area contributed by atoms with Gasteiger partial charge in [-0.2, -0.15) is 0 Å². The van der Waals surface area contributed by atoms with Crippen molar-refractivity contribution in [2.24, 2.45) is 0 Å². The summed E-state index contributed by atoms with van der Waals surface area (Å²) in [4.78, 5) is 3.80. The van der Waals surface area contributed by atoms with Gasteiger partial charge in [0.2, 0.25) is 0 Å². The van der Waals surface area contributed by atoms with Crippen molar-refractivity contribution in [3.8, 4) is 0 Å². The zero-order valence-electron chi connectivity index (χ0n) is 6.94. The topological polar surface area (TPSA) is 65.4 Å². The van der Waals surface area contributed by atoms with Gasteiger partial charge in [0, 0.05) is 11.9 Å². The van der Waals surface area contributed by atoms with E-state index in [0.29, 0.717) is 5.15 Å². The molecule has 0 aliphatic carbocycles. The average Bonchev–Trinajstić information content (AvgIpc) is 2.14. The van der Waals surface area contributed by atoms with E-state index >= 15 is 0 Å². The largest absolute Gasteiger partial charge is 0.394 e. The zero-order chi connectivity index (χ0) is 9.68. The Bertz CT molecular complexity index is 266. The van der Waals surface area contributed by atoms with E-state index in [2.05, 4.69) is 10.3 Å². The van der Waals surface area contributed by atoms with E-state index in [0.717, 1.165) is 5.69 Å². The summed E-state index contributed by atoms with van der Waals surface area (Å²) in [5.41, 5.74) is 0.730. The highest BCUT2D eigenvalue weighted by Gasteiger charge is 2.04. The molecule has 0 fully saturated rings. The average molecular weight is 203 g/mol. The van der Waals surface area contributed by atoms with E-state index in [4.69, 9.17) is 21.8 Å². The maximum Gasteiger partial charge on any atom is 0.131 e. The molecule has 72 valence electrons. The van der Waals surface area contributed by atoms with E-state index in [-0.39, 0.29) is 19.3 Å². The summed E-state index contributed by atoms with van der Waals surface area (Å²) < 4.78 is 0. The van der Waals surface area contributed by atoms with Gasteiger partial charge in [-0.15, -0.1) is 0 Å². The Labute approximate surface area is 81.2 Å². The predicted octanol–water partition coefficient (Wildman–Crippen LogP) is 0.500. The van der Waals surface area contributed by atoms with Crippen molar-refractivity contribution < 1.29 is 10.2 Å². The molecular formula is C8H11ClN2O2. The second kappa shape index (κ2) is 5.01. The number of aliphatic hydroxyl groups excluding tert-OH is 2. The van der Waals surface area contributed by atoms with Crippen molar-refractivity contribution in [2.45, 2.75) is 6.04 Å². The predicted molar refractivity (Wildman–Crippen MR) is 50.8 cm³/mol. The van der Waals surface area contributed by atoms with E-state index in [1.807, 2.05) is 0 Å². The van der Waals surface area contributed by atoms with Crippen LogP contribution in [0.1, 0.15) is 0 Å². The number of nitrogens with one attached hydrogen (secondary N) is 1. The summed E-state index contributed by atoms with van der Waals surface area (Å²) in [5.74, 6) is 0. The highest BCUT2D eigenvalue weighted by Crippen LogP contribution is 2.12. The molecule has 1 heterocycles. The van der Waals surface area contributed by atoms with E-state index in [1.165, 1.54) is 0 Å². The van der Waals surface area contributed by atoms with Crippen LogP contribution >= 0.6 is 11.6 Å². The molecular weight excluding hydrogens is 192 g/mol. The Kier molecular flexibility index (Phi) is 3.95. The van der Waals surface area contributed by atoms with Crippen molar-refractivity contribution in [1.82, 2.24) is 4.98 Å². The zero-order valence-corrected chi connectivity index (χ0v) is 7.70. The Morgan fingerprint density at radius 3 is 2.69 bits per heavy atom. The van der Waals surface area contributed by atoms with Crippen molar-refractivity contribution >= 4 is 17.3 Å². The number of pyridine rings is 1. The van der Waals surface area contributed by atoms with Crippen molar-refractivity contribution in [1.29, 1.82) is 0 Å². The highest BCUT2D eigenvalue weighted by molar-refractivity contribution is 6.29. The first-order valence-corrected chi connectivity index (χ1v) is 4.24. The Balaban J connectivity index is 2.62. The molecule has 4 nitrogen and oxygen atoms in total. The molecule has 1 aromatic heterocycles. The lowest BCUT2D eigenvalue weighted by atomic mass is 10.3. The molecule has 13 heavy (non-hydrogen) atoms. The second-order valence-electron chi connectivity index (χ2n) is 2.57. The lowest BCUT2D eigenvalue weighted by molar-refractivity contribution is 0.204. The van der Waals surface area contributed by atoms with Crippen LogP contribution in [-0.2, 0) is 0 Å². The Morgan fingerprint density at radius 1 is 1.46 bits per heavy atom. The molecule has 0 aromatic carbocycles. The van der Waals surface area contributed by atoms with E-state index < -0.39 is 0 Å². The number of aromatic nitrogens is 1. The number of hydrogen-bond donors (Lipinski definition) is 3. The lowest BCUT2D eigenvalue weighted by Gasteiger charge is -2.14. The molecule has 5 heteroatoms. The van der Waals surface area contributed by atoms with Crippen LogP contribution in [0.25, 0.3) is 0 Å². The molecule has 1 aromatic rings. The molecule has 0 aliphatic heterocycles. The van der Waals surface area contributed by atoms with Gasteiger partial charge in [0.15, 0.2) is 0 Å². The summed E-state index contributed by atoms with van der Waals surface area (Å²) in [5, 5.41) is 20.8. The van der Waals surface area contributed by atoms with Crippen LogP contribution in [-0.4, -0.2) is 34.5 Å². The molecule has 0 saturated carbocycles. The minimum absolute atomic E-state index is 0.129. The van der Waals surface area contributed by atoms with Gasteiger partial charge in [0.1, 0.15) is 5.15 Å². The molecule has 0 bridgehead atoms. The molecule has 0 spiro atoms. The monoisotopic (exact) mass is 202 g/mol. The van der Waals surface area contributed by atoms with Crippen LogP contribution in [0.5, 0.6) is 0 Å². The minimum Gasteiger partial charge on any atom is -0.394 e. The van der Waals surface area contributed by atoms with Gasteiger partial charge in [0.05, 0.1) is 19.3 Å². The number of anilines is 1. The fourth-order valence-electron chi connectivity index (χ4n) is 0.877. The number of rotatable bonds is 4. The van der Waals surface area contributed by atoms with Crippen LogP contribution < -0.4 is 5.32 Å². The summed E-state index contributed by atoms with van der Waals surface area (Å²) in [6.07, 6.45) is 1.55. The Hall–Kier alpha value is -0.840. The summed E-state index contributed by atoms with van der Waals surface area (Å²) in [6.45, 7) is -0.257. The molecule has 0 radical (unpaired) electrons. The minimum atomic E-state index is -0.363. The number of nitrogens with zero attached hydrogens (tertiary/aromatic N) is 1. The number of hydrogen-bond acceptors (Lipinski definition) is 4. The number of aliphatic hydroxyl groups is 2. The molecule has 0 aliphatic rings. The van der Waals surface area contributed by atoms with Gasteiger partial charge in [-0.3, -0.25) is 0 Å². The normalized spacial score (nSPS) is 10.5. The Morgan fingerprint density at radius 2 is 2.15 bits per heavy atom. The van der Waals surface area contributed by atoms with E-state index in [9.17, 15) is 0 Å². The molecule has 1 rings (SSSR count). The molecule has 0 saturated heterocycles. The van der Waals surface area contributed by atoms with E-state index in [1.54, 1.807) is 18.3 Å².